The number of carbonyl (C=O) groups excluding carboxylic acids is 1. The van der Waals surface area contributed by atoms with Gasteiger partial charge in [0.05, 0.1) is 5.39 Å². The van der Waals surface area contributed by atoms with Gasteiger partial charge in [-0.05, 0) is 26.2 Å². The number of rotatable bonds is 4. The second-order valence-electron chi connectivity index (χ2n) is 5.30. The van der Waals surface area contributed by atoms with Crippen LogP contribution in [0.1, 0.15) is 10.6 Å². The molecule has 0 fully saturated rings. The summed E-state index contributed by atoms with van der Waals surface area (Å²) in [7, 11) is 3.84. The summed E-state index contributed by atoms with van der Waals surface area (Å²) >= 11 is 0. The van der Waals surface area contributed by atoms with E-state index in [9.17, 15) is 9.59 Å². The van der Waals surface area contributed by atoms with E-state index in [2.05, 4.69) is 5.32 Å². The molecule has 0 spiro atoms. The summed E-state index contributed by atoms with van der Waals surface area (Å²) in [5.74, 6) is -0.219. The highest BCUT2D eigenvalue weighted by Crippen LogP contribution is 2.21. The van der Waals surface area contributed by atoms with Crippen LogP contribution >= 0.6 is 0 Å². The van der Waals surface area contributed by atoms with Crippen molar-refractivity contribution in [2.75, 3.05) is 27.2 Å². The lowest BCUT2D eigenvalue weighted by Crippen LogP contribution is -2.31. The zero-order valence-corrected chi connectivity index (χ0v) is 12.4. The minimum atomic E-state index is -0.364. The molecule has 0 bridgehead atoms. The highest BCUT2D eigenvalue weighted by atomic mass is 16.5. The Bertz CT molecular complexity index is 892. The van der Waals surface area contributed by atoms with Crippen molar-refractivity contribution in [3.05, 3.63) is 46.3 Å². The number of hydrogen-bond acceptors (Lipinski definition) is 5. The van der Waals surface area contributed by atoms with Crippen LogP contribution in [0, 0.1) is 0 Å². The summed E-state index contributed by atoms with van der Waals surface area (Å²) in [4.78, 5) is 26.4. The van der Waals surface area contributed by atoms with Crippen molar-refractivity contribution < 1.29 is 13.6 Å². The van der Waals surface area contributed by atoms with Crippen molar-refractivity contribution in [2.45, 2.75) is 0 Å². The molecule has 6 heteroatoms. The largest absolute Gasteiger partial charge is 0.425 e. The predicted molar refractivity (Wildman–Crippen MR) is 83.1 cm³/mol. The van der Waals surface area contributed by atoms with E-state index >= 15 is 0 Å². The quantitative estimate of drug-likeness (QED) is 0.795. The molecule has 3 aromatic rings. The van der Waals surface area contributed by atoms with E-state index in [-0.39, 0.29) is 28.3 Å². The number of likely N-dealkylation sites (N-methyl/N-ethyl adjacent to an activating group) is 1. The summed E-state index contributed by atoms with van der Waals surface area (Å²) in [6.07, 6.45) is 0. The second-order valence-corrected chi connectivity index (χ2v) is 5.30. The van der Waals surface area contributed by atoms with Gasteiger partial charge in [-0.25, -0.2) is 0 Å². The van der Waals surface area contributed by atoms with Gasteiger partial charge in [0.15, 0.2) is 5.76 Å². The van der Waals surface area contributed by atoms with Crippen molar-refractivity contribution in [1.82, 2.24) is 10.2 Å². The molecule has 0 aliphatic heterocycles. The third-order valence-electron chi connectivity index (χ3n) is 3.35. The number of fused-ring (bicyclic) bond motifs is 2. The maximum Gasteiger partial charge on any atom is 0.302 e. The number of furan rings is 1. The minimum absolute atomic E-state index is 0.0708. The number of amides is 1. The van der Waals surface area contributed by atoms with Crippen LogP contribution in [0.25, 0.3) is 22.1 Å². The maximum atomic E-state index is 12.4. The first-order valence-electron chi connectivity index (χ1n) is 6.94. The third kappa shape index (κ3) is 2.60. The molecular formula is C16H16N2O4. The molecule has 6 nitrogen and oxygen atoms in total. The fraction of sp³-hybridized carbons (Fsp3) is 0.250. The SMILES string of the molecule is CN(C)CCNC(=O)c1cc2c(=O)c3ccccc3oc2o1. The Labute approximate surface area is 126 Å². The highest BCUT2D eigenvalue weighted by Gasteiger charge is 2.17. The number of nitrogens with zero attached hydrogens (tertiary/aromatic N) is 1. The second kappa shape index (κ2) is 5.65. The number of benzene rings is 1. The van der Waals surface area contributed by atoms with Gasteiger partial charge >= 0.3 is 5.78 Å². The molecule has 2 aromatic heterocycles. The summed E-state index contributed by atoms with van der Waals surface area (Å²) < 4.78 is 10.9. The number of hydrogen-bond donors (Lipinski definition) is 1. The van der Waals surface area contributed by atoms with E-state index in [0.29, 0.717) is 24.1 Å². The average Bonchev–Trinajstić information content (AvgIpc) is 2.91. The number of carbonyl (C=O) groups is 1. The Hall–Kier alpha value is -2.60. The lowest BCUT2D eigenvalue weighted by Gasteiger charge is -2.09. The van der Waals surface area contributed by atoms with E-state index in [1.165, 1.54) is 6.07 Å². The lowest BCUT2D eigenvalue weighted by molar-refractivity contribution is 0.0923. The molecule has 0 atom stereocenters. The first-order chi connectivity index (χ1) is 10.6. The fourth-order valence-electron chi connectivity index (χ4n) is 2.19. The van der Waals surface area contributed by atoms with Crippen LogP contribution in [-0.4, -0.2) is 38.0 Å². The van der Waals surface area contributed by atoms with Crippen LogP contribution in [0.5, 0.6) is 0 Å². The Morgan fingerprint density at radius 3 is 2.73 bits per heavy atom. The molecule has 0 unspecified atom stereocenters. The summed E-state index contributed by atoms with van der Waals surface area (Å²) in [6, 6.07) is 8.34. The summed E-state index contributed by atoms with van der Waals surface area (Å²) in [6.45, 7) is 1.21. The molecule has 0 saturated heterocycles. The van der Waals surface area contributed by atoms with Crippen LogP contribution in [0.15, 0.2) is 44.0 Å². The van der Waals surface area contributed by atoms with Gasteiger partial charge in [-0.1, -0.05) is 12.1 Å². The molecule has 1 aromatic carbocycles. The zero-order chi connectivity index (χ0) is 15.7. The smallest absolute Gasteiger partial charge is 0.302 e. The Balaban J connectivity index is 1.96. The monoisotopic (exact) mass is 300 g/mol. The van der Waals surface area contributed by atoms with E-state index in [1.807, 2.05) is 19.0 Å². The van der Waals surface area contributed by atoms with Gasteiger partial charge in [0.2, 0.25) is 5.43 Å². The summed E-state index contributed by atoms with van der Waals surface area (Å²) in [5.41, 5.74) is 0.238. The van der Waals surface area contributed by atoms with Crippen molar-refractivity contribution in [1.29, 1.82) is 0 Å². The Morgan fingerprint density at radius 2 is 1.95 bits per heavy atom. The standard InChI is InChI=1S/C16H16N2O4/c1-18(2)8-7-17-15(20)13-9-11-14(19)10-5-3-4-6-12(10)21-16(11)22-13/h3-6,9H,7-8H2,1-2H3,(H,17,20). The average molecular weight is 300 g/mol. The normalized spacial score (nSPS) is 11.4. The molecule has 3 rings (SSSR count). The predicted octanol–water partition coefficient (Wildman–Crippen LogP) is 1.83. The molecule has 114 valence electrons. The molecule has 0 radical (unpaired) electrons. The van der Waals surface area contributed by atoms with Gasteiger partial charge in [-0.15, -0.1) is 0 Å². The molecular weight excluding hydrogens is 284 g/mol. The van der Waals surface area contributed by atoms with Crippen LogP contribution in [0.3, 0.4) is 0 Å². The highest BCUT2D eigenvalue weighted by molar-refractivity contribution is 5.97. The third-order valence-corrected chi connectivity index (χ3v) is 3.35. The number of nitrogens with one attached hydrogen (secondary N) is 1. The Morgan fingerprint density at radius 1 is 1.18 bits per heavy atom. The van der Waals surface area contributed by atoms with Crippen molar-refractivity contribution in [3.63, 3.8) is 0 Å². The van der Waals surface area contributed by atoms with Crippen LogP contribution < -0.4 is 10.7 Å². The van der Waals surface area contributed by atoms with Crippen LogP contribution in [0.4, 0.5) is 0 Å². The van der Waals surface area contributed by atoms with Gasteiger partial charge in [0.1, 0.15) is 11.0 Å². The maximum absolute atomic E-state index is 12.4. The van der Waals surface area contributed by atoms with Gasteiger partial charge in [-0.2, -0.15) is 0 Å². The van der Waals surface area contributed by atoms with Crippen molar-refractivity contribution in [2.24, 2.45) is 0 Å². The summed E-state index contributed by atoms with van der Waals surface area (Å²) in [5, 5.41) is 3.48. The molecule has 0 aliphatic carbocycles. The van der Waals surface area contributed by atoms with E-state index < -0.39 is 0 Å². The van der Waals surface area contributed by atoms with Gasteiger partial charge in [0.25, 0.3) is 5.91 Å². The first-order valence-corrected chi connectivity index (χ1v) is 6.94. The van der Waals surface area contributed by atoms with E-state index in [0.717, 1.165) is 0 Å². The molecule has 1 amide bonds. The van der Waals surface area contributed by atoms with Crippen molar-refractivity contribution >= 4 is 28.0 Å². The fourth-order valence-corrected chi connectivity index (χ4v) is 2.19. The van der Waals surface area contributed by atoms with Gasteiger partial charge in [0, 0.05) is 19.2 Å². The molecule has 1 N–H and O–H groups in total. The minimum Gasteiger partial charge on any atom is -0.425 e. The van der Waals surface area contributed by atoms with Crippen LogP contribution in [-0.2, 0) is 0 Å². The zero-order valence-electron chi connectivity index (χ0n) is 12.4. The first kappa shape index (κ1) is 14.3. The molecule has 2 heterocycles. The Kier molecular flexibility index (Phi) is 3.68. The van der Waals surface area contributed by atoms with Crippen LogP contribution in [0.2, 0.25) is 0 Å². The number of para-hydroxylation sites is 1. The van der Waals surface area contributed by atoms with E-state index in [1.54, 1.807) is 24.3 Å². The topological polar surface area (TPSA) is 75.7 Å². The molecule has 0 saturated carbocycles. The molecule has 22 heavy (non-hydrogen) atoms. The molecule has 0 aliphatic rings. The van der Waals surface area contributed by atoms with Gasteiger partial charge < -0.3 is 19.1 Å². The van der Waals surface area contributed by atoms with Gasteiger partial charge in [-0.3, -0.25) is 9.59 Å². The van der Waals surface area contributed by atoms with E-state index in [4.69, 9.17) is 8.83 Å². The lowest BCUT2D eigenvalue weighted by atomic mass is 10.2. The van der Waals surface area contributed by atoms with Crippen molar-refractivity contribution in [3.8, 4) is 0 Å².